The molecule has 2 aromatic rings. The number of hydrogen-bond donors (Lipinski definition) is 9. The molecule has 7 atom stereocenters. The lowest BCUT2D eigenvalue weighted by atomic mass is 9.87. The minimum atomic E-state index is -5.56. The summed E-state index contributed by atoms with van der Waals surface area (Å²) in [5.41, 5.74) is 4.26. The van der Waals surface area contributed by atoms with Crippen molar-refractivity contribution in [2.24, 2.45) is 5.41 Å². The number of anilines is 1. The van der Waals surface area contributed by atoms with Gasteiger partial charge in [-0.25, -0.2) is 28.6 Å². The summed E-state index contributed by atoms with van der Waals surface area (Å²) >= 11 is 1.07. The average Bonchev–Trinajstić information content (AvgIpc) is 3.60. The van der Waals surface area contributed by atoms with E-state index in [9.17, 15) is 57.9 Å². The van der Waals surface area contributed by atoms with Crippen LogP contribution in [-0.4, -0.2) is 123 Å². The van der Waals surface area contributed by atoms with Crippen molar-refractivity contribution in [2.75, 3.05) is 37.8 Å². The maximum Gasteiger partial charge on any atom is 0.481 e. The summed E-state index contributed by atoms with van der Waals surface area (Å²) in [6, 6.07) is 0. The number of phosphoric ester groups is 3. The van der Waals surface area contributed by atoms with Gasteiger partial charge < -0.3 is 50.9 Å². The first-order valence-corrected chi connectivity index (χ1v) is 20.6. The van der Waals surface area contributed by atoms with Crippen molar-refractivity contribution < 1.29 is 80.5 Å². The molecule has 1 saturated heterocycles. The predicted molar refractivity (Wildman–Crippen MR) is 177 cm³/mol. The summed E-state index contributed by atoms with van der Waals surface area (Å²) in [7, 11) is -16.4. The first-order valence-electron chi connectivity index (χ1n) is 15.1. The Bertz CT molecular complexity index is 1730. The number of hydrogen-bond acceptors (Lipinski definition) is 18. The number of aromatic nitrogens is 4. The number of phosphoric acid groups is 3. The van der Waals surface area contributed by atoms with Gasteiger partial charge in [0.2, 0.25) is 11.8 Å². The Morgan fingerprint density at radius 3 is 2.40 bits per heavy atom. The molecule has 10 N–H and O–H groups in total. The van der Waals surface area contributed by atoms with Gasteiger partial charge in [0.25, 0.3) is 0 Å². The Hall–Kier alpha value is -2.44. The number of nitrogens with one attached hydrogen (secondary N) is 2. The van der Waals surface area contributed by atoms with Crippen LogP contribution in [0.15, 0.2) is 12.7 Å². The largest absolute Gasteiger partial charge is 0.481 e. The molecule has 24 nitrogen and oxygen atoms in total. The zero-order valence-corrected chi connectivity index (χ0v) is 31.3. The first-order chi connectivity index (χ1) is 24.1. The van der Waals surface area contributed by atoms with Crippen LogP contribution in [-0.2, 0) is 50.7 Å². The van der Waals surface area contributed by atoms with Gasteiger partial charge in [-0.2, -0.15) is 4.31 Å². The summed E-state index contributed by atoms with van der Waals surface area (Å²) in [5, 5.41) is 26.2. The smallest absolute Gasteiger partial charge is 0.386 e. The van der Waals surface area contributed by atoms with Gasteiger partial charge >= 0.3 is 23.5 Å². The molecule has 3 unspecified atom stereocenters. The maximum absolute atomic E-state index is 12.6. The number of thioether (sulfide) groups is 1. The Kier molecular flexibility index (Phi) is 15.4. The third-order valence-electron chi connectivity index (χ3n) is 7.05. The molecule has 0 aromatic carbocycles. The van der Waals surface area contributed by atoms with E-state index >= 15 is 0 Å². The first kappa shape index (κ1) is 44.0. The third kappa shape index (κ3) is 12.9. The lowest BCUT2D eigenvalue weighted by Crippen LogP contribution is -2.46. The van der Waals surface area contributed by atoms with Crippen LogP contribution >= 0.6 is 35.2 Å². The van der Waals surface area contributed by atoms with Crippen LogP contribution in [0.4, 0.5) is 5.82 Å². The summed E-state index contributed by atoms with van der Waals surface area (Å²) in [6.45, 7) is 2.24. The number of carbonyl (C=O) groups is 3. The number of amides is 2. The standard InChI is InChI=1S/C24H40N7O17P3S/c1-4-15(33)52-8-7-26-14(32)5-6-27-22(36)19(35)24(2,3)10-45-51(42,43)48-50(40,41)44-9-13-18(47-49(37,38)39)17(34)23(46-13)31-12-30-16-20(25)28-11-29-21(16)31/h11-13,17-19,23,34-35H,4-10H2,1-3H3,(H,26,32)(H,27,36)(H,40,41)(H,42,43)(H2,25,28,29)(H2,37,38,39)/t13-,17-,18-,19?,23-/m1/s1. The molecular weight excluding hydrogens is 783 g/mol. The number of carbonyl (C=O) groups excluding carboxylic acids is 3. The summed E-state index contributed by atoms with van der Waals surface area (Å²) in [4.78, 5) is 86.4. The van der Waals surface area contributed by atoms with Crippen LogP contribution in [0, 0.1) is 5.41 Å². The predicted octanol–water partition coefficient (Wildman–Crippen LogP) is -0.925. The molecule has 1 aliphatic rings. The average molecular weight is 824 g/mol. The number of rotatable bonds is 20. The molecule has 3 heterocycles. The number of nitrogens with zero attached hydrogens (tertiary/aromatic N) is 4. The second kappa shape index (κ2) is 18.3. The Morgan fingerprint density at radius 1 is 1.08 bits per heavy atom. The van der Waals surface area contributed by atoms with Crippen molar-refractivity contribution in [3.8, 4) is 0 Å². The summed E-state index contributed by atoms with van der Waals surface area (Å²) in [6.07, 6.45) is -6.52. The molecule has 0 saturated carbocycles. The van der Waals surface area contributed by atoms with Crippen LogP contribution in [0.5, 0.6) is 0 Å². The number of ether oxygens (including phenoxy) is 1. The summed E-state index contributed by atoms with van der Waals surface area (Å²) < 4.78 is 61.9. The van der Waals surface area contributed by atoms with Crippen LogP contribution in [0.2, 0.25) is 0 Å². The topological polar surface area (TPSA) is 364 Å². The molecule has 3 rings (SSSR count). The second-order valence-corrected chi connectivity index (χ2v) is 17.0. The molecule has 0 spiro atoms. The van der Waals surface area contributed by atoms with Crippen molar-refractivity contribution in [3.05, 3.63) is 12.7 Å². The number of nitrogen functional groups attached to an aromatic ring is 1. The Labute approximate surface area is 299 Å². The molecule has 0 radical (unpaired) electrons. The van der Waals surface area contributed by atoms with Crippen LogP contribution in [0.25, 0.3) is 11.2 Å². The van der Waals surface area contributed by atoms with E-state index in [1.165, 1.54) is 13.8 Å². The van der Waals surface area contributed by atoms with Crippen molar-refractivity contribution >= 4 is 69.1 Å². The molecule has 1 aliphatic heterocycles. The van der Waals surface area contributed by atoms with Crippen molar-refractivity contribution in [1.29, 1.82) is 0 Å². The van der Waals surface area contributed by atoms with Crippen molar-refractivity contribution in [3.63, 3.8) is 0 Å². The quantitative estimate of drug-likeness (QED) is 0.0575. The van der Waals surface area contributed by atoms with Gasteiger partial charge in [-0.3, -0.25) is 32.5 Å². The fourth-order valence-corrected chi connectivity index (χ4v) is 7.86. The van der Waals surface area contributed by atoms with Gasteiger partial charge in [-0.15, -0.1) is 0 Å². The maximum atomic E-state index is 12.6. The van der Waals surface area contributed by atoms with E-state index in [1.54, 1.807) is 6.92 Å². The lowest BCUT2D eigenvalue weighted by molar-refractivity contribution is -0.137. The zero-order chi connectivity index (χ0) is 39.1. The van der Waals surface area contributed by atoms with Crippen molar-refractivity contribution in [1.82, 2.24) is 30.2 Å². The van der Waals surface area contributed by atoms with Gasteiger partial charge in [-0.1, -0.05) is 32.5 Å². The number of aliphatic hydroxyl groups is 2. The third-order valence-corrected chi connectivity index (χ3v) is 11.2. The van der Waals surface area contributed by atoms with Crippen LogP contribution < -0.4 is 16.4 Å². The number of aliphatic hydroxyl groups excluding tert-OH is 2. The van der Waals surface area contributed by atoms with Crippen molar-refractivity contribution in [2.45, 2.75) is 64.3 Å². The number of nitrogens with two attached hydrogens (primary N) is 1. The van der Waals surface area contributed by atoms with Gasteiger partial charge in [0.1, 0.15) is 36.3 Å². The molecule has 1 fully saturated rings. The zero-order valence-electron chi connectivity index (χ0n) is 27.8. The van der Waals surface area contributed by atoms with Crippen LogP contribution in [0.1, 0.15) is 39.8 Å². The highest BCUT2D eigenvalue weighted by Gasteiger charge is 2.50. The van der Waals surface area contributed by atoms with Gasteiger partial charge in [0.05, 0.1) is 19.5 Å². The molecule has 0 bridgehead atoms. The second-order valence-electron chi connectivity index (χ2n) is 11.6. The van der Waals surface area contributed by atoms with Gasteiger partial charge in [0, 0.05) is 37.1 Å². The van der Waals surface area contributed by atoms with E-state index in [-0.39, 0.29) is 41.6 Å². The van der Waals surface area contributed by atoms with E-state index in [4.69, 9.17) is 19.5 Å². The number of fused-ring (bicyclic) bond motifs is 1. The van der Waals surface area contributed by atoms with Gasteiger partial charge in [0.15, 0.2) is 22.8 Å². The normalized spacial score (nSPS) is 22.4. The van der Waals surface area contributed by atoms with E-state index < -0.39 is 84.6 Å². The number of imidazole rings is 1. The summed E-state index contributed by atoms with van der Waals surface area (Å²) in [5.74, 6) is -1.07. The highest BCUT2D eigenvalue weighted by atomic mass is 32.2. The lowest BCUT2D eigenvalue weighted by Gasteiger charge is -2.30. The van der Waals surface area contributed by atoms with E-state index in [0.29, 0.717) is 12.2 Å². The SMILES string of the molecule is CCC(=O)SCCNC(=O)CCNC(=O)C(O)C(C)(C)COP(=O)(O)OP(=O)(O)OC[C@H]1O[C@@H](n2cnc3c(N)ncnc32)[C@H](O)[C@@H]1OP(=O)(O)O. The fourth-order valence-electron chi connectivity index (χ4n) is 4.40. The molecular formula is C24H40N7O17P3S. The van der Waals surface area contributed by atoms with E-state index in [2.05, 4.69) is 34.4 Å². The molecule has 28 heteroatoms. The van der Waals surface area contributed by atoms with E-state index in [0.717, 1.165) is 29.0 Å². The minimum Gasteiger partial charge on any atom is -0.386 e. The van der Waals surface area contributed by atoms with Crippen LogP contribution in [0.3, 0.4) is 0 Å². The molecule has 52 heavy (non-hydrogen) atoms. The monoisotopic (exact) mass is 823 g/mol. The molecule has 2 amide bonds. The molecule has 2 aromatic heterocycles. The fraction of sp³-hybridized carbons (Fsp3) is 0.667. The minimum absolute atomic E-state index is 0.0221. The molecule has 0 aliphatic carbocycles. The van der Waals surface area contributed by atoms with Gasteiger partial charge in [-0.05, 0) is 0 Å². The molecule has 294 valence electrons. The Balaban J connectivity index is 1.54. The highest BCUT2D eigenvalue weighted by molar-refractivity contribution is 8.13. The highest BCUT2D eigenvalue weighted by Crippen LogP contribution is 2.61. The van der Waals surface area contributed by atoms with E-state index in [1.807, 2.05) is 0 Å². The Morgan fingerprint density at radius 2 is 1.75 bits per heavy atom.